The van der Waals surface area contributed by atoms with Gasteiger partial charge < -0.3 is 10.2 Å². The number of nitrogens with one attached hydrogen (secondary N) is 1. The summed E-state index contributed by atoms with van der Waals surface area (Å²) in [5.41, 5.74) is 0.0226. The standard InChI is InChI=1S/C7H12N2O/c1-9-5-7(6(9)10)2-3-8-4-7/h8H,2-5H2,1H3. The van der Waals surface area contributed by atoms with Crippen LogP contribution in [0.4, 0.5) is 0 Å². The Morgan fingerprint density at radius 3 is 2.90 bits per heavy atom. The molecule has 2 aliphatic rings. The van der Waals surface area contributed by atoms with Crippen LogP contribution >= 0.6 is 0 Å². The van der Waals surface area contributed by atoms with Gasteiger partial charge in [-0.15, -0.1) is 0 Å². The molecule has 1 spiro atoms. The fourth-order valence-electron chi connectivity index (χ4n) is 1.97. The van der Waals surface area contributed by atoms with Crippen LogP contribution in [0.15, 0.2) is 0 Å². The number of nitrogens with zero attached hydrogens (tertiary/aromatic N) is 1. The molecule has 2 aliphatic heterocycles. The lowest BCUT2D eigenvalue weighted by atomic mass is 9.78. The van der Waals surface area contributed by atoms with Gasteiger partial charge in [-0.3, -0.25) is 4.79 Å². The highest BCUT2D eigenvalue weighted by molar-refractivity contribution is 5.89. The summed E-state index contributed by atoms with van der Waals surface area (Å²) in [7, 11) is 1.87. The number of rotatable bonds is 0. The molecule has 2 fully saturated rings. The van der Waals surface area contributed by atoms with E-state index >= 15 is 0 Å². The van der Waals surface area contributed by atoms with Crippen molar-refractivity contribution in [1.82, 2.24) is 10.2 Å². The Kier molecular flexibility index (Phi) is 1.06. The molecular formula is C7H12N2O. The summed E-state index contributed by atoms with van der Waals surface area (Å²) in [6.07, 6.45) is 1.04. The molecule has 1 N–H and O–H groups in total. The van der Waals surface area contributed by atoms with E-state index < -0.39 is 0 Å². The van der Waals surface area contributed by atoms with Crippen molar-refractivity contribution >= 4 is 5.91 Å². The molecule has 0 aromatic carbocycles. The van der Waals surface area contributed by atoms with Crippen LogP contribution in [-0.4, -0.2) is 37.5 Å². The zero-order chi connectivity index (χ0) is 7.19. The topological polar surface area (TPSA) is 32.3 Å². The van der Waals surface area contributed by atoms with E-state index in [2.05, 4.69) is 5.32 Å². The first kappa shape index (κ1) is 6.16. The van der Waals surface area contributed by atoms with E-state index in [0.29, 0.717) is 5.91 Å². The van der Waals surface area contributed by atoms with Crippen molar-refractivity contribution < 1.29 is 4.79 Å². The fourth-order valence-corrected chi connectivity index (χ4v) is 1.97. The smallest absolute Gasteiger partial charge is 0.231 e. The van der Waals surface area contributed by atoms with Gasteiger partial charge in [-0.05, 0) is 13.0 Å². The van der Waals surface area contributed by atoms with Crippen LogP contribution in [0.25, 0.3) is 0 Å². The summed E-state index contributed by atoms with van der Waals surface area (Å²) in [5, 5.41) is 3.22. The minimum Gasteiger partial charge on any atom is -0.344 e. The van der Waals surface area contributed by atoms with Gasteiger partial charge in [0.15, 0.2) is 0 Å². The summed E-state index contributed by atoms with van der Waals surface area (Å²) in [6.45, 7) is 2.87. The third-order valence-corrected chi connectivity index (χ3v) is 2.58. The molecule has 0 bridgehead atoms. The number of hydrogen-bond donors (Lipinski definition) is 1. The molecule has 10 heavy (non-hydrogen) atoms. The normalized spacial score (nSPS) is 38.9. The predicted octanol–water partition coefficient (Wildman–Crippen LogP) is -0.562. The predicted molar refractivity (Wildman–Crippen MR) is 37.6 cm³/mol. The van der Waals surface area contributed by atoms with Gasteiger partial charge >= 0.3 is 0 Å². The van der Waals surface area contributed by atoms with Gasteiger partial charge in [0.2, 0.25) is 5.91 Å². The lowest BCUT2D eigenvalue weighted by Gasteiger charge is -2.44. The van der Waals surface area contributed by atoms with Crippen LogP contribution in [0.1, 0.15) is 6.42 Å². The van der Waals surface area contributed by atoms with Gasteiger partial charge in [0.1, 0.15) is 0 Å². The molecular weight excluding hydrogens is 128 g/mol. The van der Waals surface area contributed by atoms with Crippen molar-refractivity contribution in [3.05, 3.63) is 0 Å². The van der Waals surface area contributed by atoms with Crippen LogP contribution < -0.4 is 5.32 Å². The first-order valence-corrected chi connectivity index (χ1v) is 3.71. The number of hydrogen-bond acceptors (Lipinski definition) is 2. The summed E-state index contributed by atoms with van der Waals surface area (Å²) >= 11 is 0. The zero-order valence-corrected chi connectivity index (χ0v) is 6.18. The van der Waals surface area contributed by atoms with Gasteiger partial charge in [0.05, 0.1) is 5.41 Å². The van der Waals surface area contributed by atoms with E-state index in [1.807, 2.05) is 7.05 Å². The molecule has 1 amide bonds. The van der Waals surface area contributed by atoms with Crippen molar-refractivity contribution in [3.8, 4) is 0 Å². The molecule has 1 atom stereocenters. The van der Waals surface area contributed by atoms with Crippen LogP contribution in [0.3, 0.4) is 0 Å². The Labute approximate surface area is 60.4 Å². The Balaban J connectivity index is 2.12. The van der Waals surface area contributed by atoms with E-state index in [0.717, 1.165) is 26.1 Å². The number of carbonyl (C=O) groups excluding carboxylic acids is 1. The molecule has 3 heteroatoms. The summed E-state index contributed by atoms with van der Waals surface area (Å²) < 4.78 is 0. The van der Waals surface area contributed by atoms with Gasteiger partial charge in [-0.25, -0.2) is 0 Å². The molecule has 56 valence electrons. The Hall–Kier alpha value is -0.570. The van der Waals surface area contributed by atoms with Crippen LogP contribution in [0, 0.1) is 5.41 Å². The molecule has 0 saturated carbocycles. The van der Waals surface area contributed by atoms with Gasteiger partial charge in [0.25, 0.3) is 0 Å². The molecule has 2 heterocycles. The van der Waals surface area contributed by atoms with Crippen LogP contribution in [-0.2, 0) is 4.79 Å². The molecule has 3 nitrogen and oxygen atoms in total. The first-order valence-electron chi connectivity index (χ1n) is 3.71. The van der Waals surface area contributed by atoms with E-state index in [-0.39, 0.29) is 5.41 Å². The number of amides is 1. The molecule has 0 aromatic rings. The SMILES string of the molecule is CN1CC2(CCNC2)C1=O. The third-order valence-electron chi connectivity index (χ3n) is 2.58. The molecule has 2 saturated heterocycles. The molecule has 0 aromatic heterocycles. The Bertz CT molecular complexity index is 172. The number of β-lactam (4-membered cyclic amide) rings is 1. The maximum Gasteiger partial charge on any atom is 0.231 e. The Morgan fingerprint density at radius 1 is 1.70 bits per heavy atom. The highest BCUT2D eigenvalue weighted by Gasteiger charge is 2.51. The Morgan fingerprint density at radius 2 is 2.50 bits per heavy atom. The summed E-state index contributed by atoms with van der Waals surface area (Å²) in [5.74, 6) is 0.331. The lowest BCUT2D eigenvalue weighted by molar-refractivity contribution is -0.155. The van der Waals surface area contributed by atoms with Crippen molar-refractivity contribution in [2.24, 2.45) is 5.41 Å². The van der Waals surface area contributed by atoms with Crippen molar-refractivity contribution in [3.63, 3.8) is 0 Å². The van der Waals surface area contributed by atoms with E-state index in [9.17, 15) is 4.79 Å². The third kappa shape index (κ3) is 0.560. The monoisotopic (exact) mass is 140 g/mol. The highest BCUT2D eigenvalue weighted by atomic mass is 16.2. The average molecular weight is 140 g/mol. The van der Waals surface area contributed by atoms with Crippen molar-refractivity contribution in [1.29, 1.82) is 0 Å². The van der Waals surface area contributed by atoms with Gasteiger partial charge in [-0.2, -0.15) is 0 Å². The fraction of sp³-hybridized carbons (Fsp3) is 0.857. The molecule has 1 unspecified atom stereocenters. The second kappa shape index (κ2) is 1.72. The lowest BCUT2D eigenvalue weighted by Crippen LogP contribution is -2.60. The summed E-state index contributed by atoms with van der Waals surface area (Å²) in [4.78, 5) is 13.1. The van der Waals surface area contributed by atoms with Crippen molar-refractivity contribution in [2.75, 3.05) is 26.7 Å². The maximum atomic E-state index is 11.3. The number of carbonyl (C=O) groups is 1. The van der Waals surface area contributed by atoms with Gasteiger partial charge in [0, 0.05) is 20.1 Å². The number of likely N-dealkylation sites (tertiary alicyclic amines) is 1. The second-order valence-corrected chi connectivity index (χ2v) is 3.37. The average Bonchev–Trinajstić information content (AvgIpc) is 2.38. The van der Waals surface area contributed by atoms with Crippen molar-refractivity contribution in [2.45, 2.75) is 6.42 Å². The van der Waals surface area contributed by atoms with E-state index in [4.69, 9.17) is 0 Å². The quantitative estimate of drug-likeness (QED) is 0.457. The largest absolute Gasteiger partial charge is 0.344 e. The molecule has 2 rings (SSSR count). The highest BCUT2D eigenvalue weighted by Crippen LogP contribution is 2.36. The zero-order valence-electron chi connectivity index (χ0n) is 6.18. The molecule has 0 aliphatic carbocycles. The van der Waals surface area contributed by atoms with E-state index in [1.165, 1.54) is 0 Å². The van der Waals surface area contributed by atoms with Gasteiger partial charge in [-0.1, -0.05) is 0 Å². The summed E-state index contributed by atoms with van der Waals surface area (Å²) in [6, 6.07) is 0. The minimum atomic E-state index is 0.0226. The maximum absolute atomic E-state index is 11.3. The van der Waals surface area contributed by atoms with Crippen LogP contribution in [0.2, 0.25) is 0 Å². The van der Waals surface area contributed by atoms with Crippen LogP contribution in [0.5, 0.6) is 0 Å². The molecule has 0 radical (unpaired) electrons. The minimum absolute atomic E-state index is 0.0226. The van der Waals surface area contributed by atoms with E-state index in [1.54, 1.807) is 4.90 Å². The first-order chi connectivity index (χ1) is 4.75. The second-order valence-electron chi connectivity index (χ2n) is 3.37.